The summed E-state index contributed by atoms with van der Waals surface area (Å²) >= 11 is 1.35. The third kappa shape index (κ3) is 4.90. The fourth-order valence-corrected chi connectivity index (χ4v) is 5.42. The first kappa shape index (κ1) is 25.2. The highest BCUT2D eigenvalue weighted by molar-refractivity contribution is 7.92. The van der Waals surface area contributed by atoms with Crippen LogP contribution in [0, 0.1) is 18.6 Å². The maximum atomic E-state index is 14.2. The molecule has 0 spiro atoms. The number of hydrogen-bond donors (Lipinski definition) is 3. The first-order valence-corrected chi connectivity index (χ1v) is 13.2. The van der Waals surface area contributed by atoms with E-state index in [4.69, 9.17) is 4.74 Å². The van der Waals surface area contributed by atoms with Crippen LogP contribution >= 0.6 is 11.3 Å². The first-order chi connectivity index (χ1) is 18.1. The maximum absolute atomic E-state index is 14.2. The number of carbonyl (C=O) groups is 1. The molecule has 0 saturated heterocycles. The second kappa shape index (κ2) is 9.79. The van der Waals surface area contributed by atoms with Crippen LogP contribution in [0.2, 0.25) is 0 Å². The Morgan fingerprint density at radius 2 is 1.87 bits per heavy atom. The lowest BCUT2D eigenvalue weighted by Crippen LogP contribution is -2.16. The molecule has 0 radical (unpaired) electrons. The number of aromatic nitrogens is 4. The average molecular weight is 557 g/mol. The molecule has 5 rings (SSSR count). The van der Waals surface area contributed by atoms with Gasteiger partial charge in [-0.25, -0.2) is 27.2 Å². The van der Waals surface area contributed by atoms with Crippen LogP contribution in [0.25, 0.3) is 22.0 Å². The molecule has 194 valence electrons. The monoisotopic (exact) mass is 556 g/mol. The number of thiazole rings is 1. The van der Waals surface area contributed by atoms with Gasteiger partial charge in [-0.05, 0) is 42.8 Å². The molecule has 2 aromatic carbocycles. The fourth-order valence-electron chi connectivity index (χ4n) is 3.71. The van der Waals surface area contributed by atoms with Gasteiger partial charge >= 0.3 is 0 Å². The van der Waals surface area contributed by atoms with Crippen molar-refractivity contribution in [2.75, 3.05) is 17.1 Å². The number of ether oxygens (including phenoxy) is 1. The normalized spacial score (nSPS) is 11.5. The number of nitrogens with one attached hydrogen (secondary N) is 3. The van der Waals surface area contributed by atoms with Gasteiger partial charge in [-0.1, -0.05) is 0 Å². The van der Waals surface area contributed by atoms with E-state index in [1.807, 2.05) is 0 Å². The van der Waals surface area contributed by atoms with Crippen molar-refractivity contribution in [3.8, 4) is 17.0 Å². The number of H-pyrrole nitrogens is 1. The van der Waals surface area contributed by atoms with Gasteiger partial charge in [0.1, 0.15) is 27.9 Å². The van der Waals surface area contributed by atoms with Crippen LogP contribution in [0.5, 0.6) is 5.88 Å². The smallest absolute Gasteiger partial charge is 0.275 e. The van der Waals surface area contributed by atoms with Crippen molar-refractivity contribution in [3.05, 3.63) is 76.5 Å². The van der Waals surface area contributed by atoms with E-state index in [0.29, 0.717) is 33.8 Å². The first-order valence-electron chi connectivity index (χ1n) is 10.9. The molecule has 0 aliphatic heterocycles. The van der Waals surface area contributed by atoms with E-state index >= 15 is 0 Å². The van der Waals surface area contributed by atoms with Gasteiger partial charge in [0, 0.05) is 28.6 Å². The van der Waals surface area contributed by atoms with Gasteiger partial charge in [0.15, 0.2) is 0 Å². The molecule has 0 atom stereocenters. The summed E-state index contributed by atoms with van der Waals surface area (Å²) in [6.45, 7) is 1.79. The zero-order chi connectivity index (χ0) is 27.0. The van der Waals surface area contributed by atoms with E-state index < -0.39 is 32.5 Å². The number of hydrogen-bond acceptors (Lipinski definition) is 8. The number of carbonyl (C=O) groups excluding carboxylic acids is 1. The number of methoxy groups -OCH3 is 1. The Labute approximate surface area is 218 Å². The lowest BCUT2D eigenvalue weighted by Gasteiger charge is -2.14. The highest BCUT2D eigenvalue weighted by Crippen LogP contribution is 2.34. The lowest BCUT2D eigenvalue weighted by atomic mass is 10.0. The molecule has 38 heavy (non-hydrogen) atoms. The molecular weight excluding hydrogens is 538 g/mol. The molecule has 3 N–H and O–H groups in total. The fraction of sp³-hybridized carbons (Fsp3) is 0.0833. The summed E-state index contributed by atoms with van der Waals surface area (Å²) in [5, 5.41) is 12.8. The van der Waals surface area contributed by atoms with Crippen molar-refractivity contribution in [1.82, 2.24) is 20.2 Å². The molecule has 5 aromatic rings. The topological polar surface area (TPSA) is 139 Å². The Bertz CT molecular complexity index is 1800. The van der Waals surface area contributed by atoms with E-state index in [1.165, 1.54) is 30.7 Å². The zero-order valence-corrected chi connectivity index (χ0v) is 21.4. The minimum atomic E-state index is -4.46. The molecule has 10 nitrogen and oxygen atoms in total. The number of pyridine rings is 1. The van der Waals surface area contributed by atoms with E-state index in [-0.39, 0.29) is 17.3 Å². The Balaban J connectivity index is 1.53. The molecule has 0 aliphatic rings. The maximum Gasteiger partial charge on any atom is 0.275 e. The summed E-state index contributed by atoms with van der Waals surface area (Å²) in [6, 6.07) is 7.00. The van der Waals surface area contributed by atoms with Gasteiger partial charge in [-0.3, -0.25) is 14.6 Å². The van der Waals surface area contributed by atoms with E-state index in [0.717, 1.165) is 17.1 Å². The molecule has 0 aliphatic carbocycles. The number of nitrogens with zero attached hydrogens (tertiary/aromatic N) is 3. The highest BCUT2D eigenvalue weighted by atomic mass is 32.2. The van der Waals surface area contributed by atoms with Crippen LogP contribution in [0.1, 0.15) is 15.5 Å². The van der Waals surface area contributed by atoms with Crippen LogP contribution in [-0.2, 0) is 10.0 Å². The molecule has 3 heterocycles. The van der Waals surface area contributed by atoms with Crippen molar-refractivity contribution in [3.63, 3.8) is 0 Å². The van der Waals surface area contributed by atoms with Gasteiger partial charge in [0.05, 0.1) is 29.5 Å². The van der Waals surface area contributed by atoms with Crippen LogP contribution in [0.3, 0.4) is 0 Å². The quantitative estimate of drug-likeness (QED) is 0.263. The van der Waals surface area contributed by atoms with Gasteiger partial charge in [0.25, 0.3) is 15.9 Å². The third-order valence-electron chi connectivity index (χ3n) is 5.46. The minimum absolute atomic E-state index is 0.0742. The van der Waals surface area contributed by atoms with Gasteiger partial charge in [-0.2, -0.15) is 5.10 Å². The van der Waals surface area contributed by atoms with Crippen molar-refractivity contribution < 1.29 is 26.7 Å². The number of sulfonamides is 1. The average Bonchev–Trinajstić information content (AvgIpc) is 3.52. The molecular formula is C24H18F2N6O4S2. The number of amides is 1. The number of fused-ring (bicyclic) bond motifs is 1. The molecule has 3 aromatic heterocycles. The molecule has 0 fully saturated rings. The van der Waals surface area contributed by atoms with Gasteiger partial charge in [0.2, 0.25) is 5.88 Å². The van der Waals surface area contributed by atoms with Crippen LogP contribution < -0.4 is 14.8 Å². The summed E-state index contributed by atoms with van der Waals surface area (Å²) in [4.78, 5) is 20.4. The minimum Gasteiger partial charge on any atom is -0.480 e. The largest absolute Gasteiger partial charge is 0.480 e. The summed E-state index contributed by atoms with van der Waals surface area (Å²) in [5.41, 5.74) is 2.22. The zero-order valence-electron chi connectivity index (χ0n) is 19.7. The Morgan fingerprint density at radius 3 is 2.58 bits per heavy atom. The Kier molecular flexibility index (Phi) is 6.50. The number of aromatic amines is 1. The van der Waals surface area contributed by atoms with E-state index in [9.17, 15) is 22.0 Å². The SMILES string of the molecule is COc1ncc(-c2cc(NC(=O)c3csc(C)n3)c3cn[nH]c3c2)cc1NS(=O)(=O)c1ccc(F)cc1F. The Morgan fingerprint density at radius 1 is 1.08 bits per heavy atom. The number of halogens is 2. The summed E-state index contributed by atoms with van der Waals surface area (Å²) in [5.74, 6) is -2.64. The number of aryl methyl sites for hydroxylation is 1. The summed E-state index contributed by atoms with van der Waals surface area (Å²) in [6.07, 6.45) is 3.01. The van der Waals surface area contributed by atoms with Crippen molar-refractivity contribution in [1.29, 1.82) is 0 Å². The second-order valence-electron chi connectivity index (χ2n) is 8.02. The van der Waals surface area contributed by atoms with Gasteiger partial charge < -0.3 is 10.1 Å². The highest BCUT2D eigenvalue weighted by Gasteiger charge is 2.23. The van der Waals surface area contributed by atoms with Gasteiger partial charge in [-0.15, -0.1) is 11.3 Å². The standard InChI is InChI=1S/C24H18F2N6O4S2/c1-12-29-21(11-37-12)23(33)30-18-5-13(6-19-16(18)10-28-31-19)14-7-20(24(36-2)27-9-14)32-38(34,35)22-4-3-15(25)8-17(22)26/h3-11,32H,1-2H3,(H,28,31)(H,30,33). The summed E-state index contributed by atoms with van der Waals surface area (Å²) in [7, 11) is -3.17. The predicted molar refractivity (Wildman–Crippen MR) is 138 cm³/mol. The second-order valence-corrected chi connectivity index (χ2v) is 10.7. The van der Waals surface area contributed by atoms with E-state index in [1.54, 1.807) is 30.6 Å². The number of benzene rings is 2. The molecule has 0 saturated carbocycles. The molecule has 1 amide bonds. The van der Waals surface area contributed by atoms with Crippen molar-refractivity contribution in [2.24, 2.45) is 0 Å². The molecule has 14 heteroatoms. The number of anilines is 2. The van der Waals surface area contributed by atoms with Crippen molar-refractivity contribution >= 4 is 49.5 Å². The molecule has 0 bridgehead atoms. The van der Waals surface area contributed by atoms with Crippen LogP contribution in [0.4, 0.5) is 20.2 Å². The van der Waals surface area contributed by atoms with Crippen LogP contribution in [-0.4, -0.2) is 41.6 Å². The third-order valence-corrected chi connectivity index (χ3v) is 7.64. The Hall–Kier alpha value is -4.43. The lowest BCUT2D eigenvalue weighted by molar-refractivity contribution is 0.102. The van der Waals surface area contributed by atoms with E-state index in [2.05, 4.69) is 30.2 Å². The predicted octanol–water partition coefficient (Wildman–Crippen LogP) is 4.73. The number of rotatable bonds is 7. The van der Waals surface area contributed by atoms with Crippen LogP contribution in [0.15, 0.2) is 59.1 Å². The molecule has 0 unspecified atom stereocenters. The van der Waals surface area contributed by atoms with Crippen molar-refractivity contribution in [2.45, 2.75) is 11.8 Å². The summed E-state index contributed by atoms with van der Waals surface area (Å²) < 4.78 is 60.7.